The summed E-state index contributed by atoms with van der Waals surface area (Å²) < 4.78 is 16.9. The summed E-state index contributed by atoms with van der Waals surface area (Å²) in [6.07, 6.45) is -0.112. The summed E-state index contributed by atoms with van der Waals surface area (Å²) in [6.45, 7) is 9.09. The molecule has 0 heterocycles. The highest BCUT2D eigenvalue weighted by molar-refractivity contribution is 6.79. The lowest BCUT2D eigenvalue weighted by molar-refractivity contribution is -0.102. The smallest absolute Gasteiger partial charge is 0.328 e. The van der Waals surface area contributed by atoms with Crippen LogP contribution in [0.4, 0.5) is 0 Å². The number of rotatable bonds is 11. The van der Waals surface area contributed by atoms with E-state index in [0.717, 1.165) is 18.5 Å². The van der Waals surface area contributed by atoms with Crippen molar-refractivity contribution in [1.82, 2.24) is 0 Å². The molecule has 0 rings (SSSR count). The zero-order chi connectivity index (χ0) is 16.7. The van der Waals surface area contributed by atoms with Crippen LogP contribution in [0.1, 0.15) is 27.2 Å². The Morgan fingerprint density at radius 3 is 2.24 bits per heavy atom. The van der Waals surface area contributed by atoms with Gasteiger partial charge in [0.2, 0.25) is 0 Å². The first-order chi connectivity index (χ1) is 9.48. The fourth-order valence-corrected chi connectivity index (χ4v) is 8.38. The lowest BCUT2D eigenvalue weighted by Gasteiger charge is -2.33. The van der Waals surface area contributed by atoms with Gasteiger partial charge in [-0.25, -0.2) is 0 Å². The third-order valence-electron chi connectivity index (χ3n) is 3.49. The summed E-state index contributed by atoms with van der Waals surface area (Å²) in [6, 6.07) is 1.50. The topological polar surface area (TPSA) is 88.4 Å². The molecule has 0 aliphatic heterocycles. The number of aliphatic hydroxyl groups excluding tert-OH is 1. The molecule has 0 fully saturated rings. The van der Waals surface area contributed by atoms with Crippen LogP contribution in [0.25, 0.3) is 0 Å². The Bertz CT molecular complexity index is 287. The lowest BCUT2D eigenvalue weighted by atomic mass is 10.0. The van der Waals surface area contributed by atoms with Crippen molar-refractivity contribution in [1.29, 1.82) is 0 Å². The maximum atomic E-state index is 9.97. The maximum absolute atomic E-state index is 9.97. The minimum atomic E-state index is -2.63. The molecular formula is C13H32O6Si2. The van der Waals surface area contributed by atoms with Gasteiger partial charge in [-0.15, -0.1) is 0 Å². The van der Waals surface area contributed by atoms with Gasteiger partial charge >= 0.3 is 17.1 Å². The molecule has 8 heteroatoms. The summed E-state index contributed by atoms with van der Waals surface area (Å²) >= 11 is 0. The monoisotopic (exact) mass is 340 g/mol. The van der Waals surface area contributed by atoms with Crippen molar-refractivity contribution in [3.8, 4) is 0 Å². The van der Waals surface area contributed by atoms with Crippen LogP contribution in [-0.4, -0.2) is 64.2 Å². The minimum absolute atomic E-state index is 0.0828. The van der Waals surface area contributed by atoms with Crippen molar-refractivity contribution in [2.75, 3.05) is 20.3 Å². The van der Waals surface area contributed by atoms with E-state index in [4.69, 9.17) is 13.3 Å². The summed E-state index contributed by atoms with van der Waals surface area (Å²) in [7, 11) is -3.37. The Labute approximate surface area is 130 Å². The number of hydrogen-bond donors (Lipinski definition) is 3. The van der Waals surface area contributed by atoms with Crippen LogP contribution >= 0.6 is 0 Å². The highest BCUT2D eigenvalue weighted by atomic mass is 28.5. The van der Waals surface area contributed by atoms with Gasteiger partial charge in [0, 0.05) is 13.7 Å². The molecule has 6 nitrogen and oxygen atoms in total. The fourth-order valence-electron chi connectivity index (χ4n) is 1.89. The highest BCUT2D eigenvalue weighted by Gasteiger charge is 2.40. The van der Waals surface area contributed by atoms with Crippen molar-refractivity contribution in [2.24, 2.45) is 0 Å². The first kappa shape index (κ1) is 21.2. The Morgan fingerprint density at radius 2 is 1.86 bits per heavy atom. The Hall–Kier alpha value is 0.194. The molecule has 0 aliphatic carbocycles. The largest absolute Gasteiger partial charge is 0.415 e. The fraction of sp³-hybridized carbons (Fsp3) is 1.00. The molecule has 0 aromatic carbocycles. The Kier molecular flexibility index (Phi) is 8.81. The molecule has 0 bridgehead atoms. The van der Waals surface area contributed by atoms with Gasteiger partial charge in [-0.1, -0.05) is 6.92 Å². The van der Waals surface area contributed by atoms with Crippen molar-refractivity contribution in [3.05, 3.63) is 0 Å². The van der Waals surface area contributed by atoms with Crippen molar-refractivity contribution in [2.45, 2.75) is 64.1 Å². The molecule has 0 amide bonds. The van der Waals surface area contributed by atoms with Crippen LogP contribution in [0.3, 0.4) is 0 Å². The molecule has 0 aromatic rings. The third kappa shape index (κ3) is 8.41. The molecule has 3 atom stereocenters. The average molecular weight is 341 g/mol. The maximum Gasteiger partial charge on any atom is 0.328 e. The van der Waals surface area contributed by atoms with Crippen LogP contribution in [0.2, 0.25) is 25.2 Å². The molecule has 0 aromatic heterocycles. The van der Waals surface area contributed by atoms with E-state index in [0.29, 0.717) is 6.61 Å². The van der Waals surface area contributed by atoms with Gasteiger partial charge in [-0.3, -0.25) is 0 Å². The Balaban J connectivity index is 4.23. The van der Waals surface area contributed by atoms with E-state index in [1.807, 2.05) is 6.92 Å². The van der Waals surface area contributed by atoms with Crippen LogP contribution < -0.4 is 0 Å². The van der Waals surface area contributed by atoms with Crippen LogP contribution in [0.15, 0.2) is 0 Å². The van der Waals surface area contributed by atoms with E-state index in [1.165, 1.54) is 6.92 Å². The molecule has 21 heavy (non-hydrogen) atoms. The predicted octanol–water partition coefficient (Wildman–Crippen LogP) is 1.34. The summed E-state index contributed by atoms with van der Waals surface area (Å²) in [4.78, 5) is 9.97. The van der Waals surface area contributed by atoms with Crippen LogP contribution in [0, 0.1) is 0 Å². The van der Waals surface area contributed by atoms with E-state index < -0.39 is 28.8 Å². The number of aliphatic hydroxyl groups is 2. The standard InChI is InChI=1S/C13H32O6Si2/c1-7-21(17-4,19-20(5,6)16)10-8-9-18-11-13(3,15)12(2)14/h12,14-16H,7-11H2,1-6H3. The van der Waals surface area contributed by atoms with Gasteiger partial charge in [0.15, 0.2) is 0 Å². The van der Waals surface area contributed by atoms with Gasteiger partial charge in [0.25, 0.3) is 0 Å². The van der Waals surface area contributed by atoms with Crippen molar-refractivity contribution >= 4 is 17.1 Å². The van der Waals surface area contributed by atoms with E-state index in [2.05, 4.69) is 0 Å². The van der Waals surface area contributed by atoms with E-state index in [1.54, 1.807) is 27.1 Å². The van der Waals surface area contributed by atoms with E-state index in [9.17, 15) is 15.0 Å². The summed E-state index contributed by atoms with van der Waals surface area (Å²) in [5.74, 6) is 0. The van der Waals surface area contributed by atoms with Gasteiger partial charge in [0.05, 0.1) is 12.7 Å². The zero-order valence-corrected chi connectivity index (χ0v) is 16.2. The second-order valence-corrected chi connectivity index (χ2v) is 13.4. The molecule has 3 N–H and O–H groups in total. The second-order valence-electron chi connectivity index (χ2n) is 6.21. The molecule has 0 spiro atoms. The number of ether oxygens (including phenoxy) is 1. The number of hydrogen-bond acceptors (Lipinski definition) is 6. The van der Waals surface area contributed by atoms with E-state index in [-0.39, 0.29) is 6.61 Å². The first-order valence-electron chi connectivity index (χ1n) is 7.44. The van der Waals surface area contributed by atoms with Crippen LogP contribution in [0.5, 0.6) is 0 Å². The molecular weight excluding hydrogens is 308 g/mol. The highest BCUT2D eigenvalue weighted by Crippen LogP contribution is 2.24. The SMILES string of the molecule is CC[Si](CCCOCC(C)(O)C(C)O)(OC)O[Si](C)(C)O. The molecule has 0 radical (unpaired) electrons. The molecule has 3 unspecified atom stereocenters. The van der Waals surface area contributed by atoms with Crippen LogP contribution in [-0.2, 0) is 13.3 Å². The predicted molar refractivity (Wildman–Crippen MR) is 86.6 cm³/mol. The summed E-state index contributed by atoms with van der Waals surface area (Å²) in [5, 5.41) is 19.2. The average Bonchev–Trinajstić information content (AvgIpc) is 2.35. The van der Waals surface area contributed by atoms with Gasteiger partial charge < -0.3 is 28.3 Å². The third-order valence-corrected chi connectivity index (χ3v) is 9.91. The quantitative estimate of drug-likeness (QED) is 0.389. The minimum Gasteiger partial charge on any atom is -0.415 e. The second kappa shape index (κ2) is 8.73. The molecule has 0 saturated carbocycles. The van der Waals surface area contributed by atoms with Crippen molar-refractivity contribution in [3.63, 3.8) is 0 Å². The normalized spacial score (nSPS) is 19.9. The summed E-state index contributed by atoms with van der Waals surface area (Å²) in [5.41, 5.74) is -1.24. The molecule has 0 saturated heterocycles. The van der Waals surface area contributed by atoms with Crippen molar-refractivity contribution < 1.29 is 28.3 Å². The molecule has 0 aliphatic rings. The molecule has 128 valence electrons. The van der Waals surface area contributed by atoms with Gasteiger partial charge in [0.1, 0.15) is 5.60 Å². The zero-order valence-electron chi connectivity index (χ0n) is 14.2. The Morgan fingerprint density at radius 1 is 1.29 bits per heavy atom. The van der Waals surface area contributed by atoms with Gasteiger partial charge in [-0.05, 0) is 45.5 Å². The first-order valence-corrected chi connectivity index (χ1v) is 12.5. The van der Waals surface area contributed by atoms with Gasteiger partial charge in [-0.2, -0.15) is 0 Å². The lowest BCUT2D eigenvalue weighted by Crippen LogP contribution is -2.50. The van der Waals surface area contributed by atoms with E-state index >= 15 is 0 Å².